The summed E-state index contributed by atoms with van der Waals surface area (Å²) in [4.78, 5) is 4.35. The highest BCUT2D eigenvalue weighted by molar-refractivity contribution is 8.38. The van der Waals surface area contributed by atoms with Crippen LogP contribution in [-0.2, 0) is 5.75 Å². The zero-order chi connectivity index (χ0) is 12.9. The van der Waals surface area contributed by atoms with Crippen molar-refractivity contribution in [1.29, 1.82) is 0 Å². The van der Waals surface area contributed by atoms with Crippen molar-refractivity contribution < 1.29 is 0 Å². The predicted octanol–water partition coefficient (Wildman–Crippen LogP) is 3.62. The average molecular weight is 287 g/mol. The van der Waals surface area contributed by atoms with E-state index in [1.54, 1.807) is 23.5 Å². The lowest BCUT2D eigenvalue weighted by molar-refractivity contribution is 0.725. The van der Waals surface area contributed by atoms with Crippen LogP contribution in [0.15, 0.2) is 59.8 Å². The van der Waals surface area contributed by atoms with E-state index in [0.717, 1.165) is 15.8 Å². The molecule has 1 N–H and O–H groups in total. The Bertz CT molecular complexity index is 557. The van der Waals surface area contributed by atoms with Crippen molar-refractivity contribution in [2.24, 2.45) is 5.10 Å². The quantitative estimate of drug-likeness (QED) is 0.935. The van der Waals surface area contributed by atoms with Gasteiger partial charge in [-0.05, 0) is 17.7 Å². The highest BCUT2D eigenvalue weighted by atomic mass is 32.2. The van der Waals surface area contributed by atoms with Crippen molar-refractivity contribution in [2.45, 2.75) is 11.1 Å². The highest BCUT2D eigenvalue weighted by Gasteiger charge is 2.21. The van der Waals surface area contributed by atoms with Crippen LogP contribution in [-0.4, -0.2) is 9.36 Å². The monoisotopic (exact) mass is 287 g/mol. The fourth-order valence-electron chi connectivity index (χ4n) is 1.71. The summed E-state index contributed by atoms with van der Waals surface area (Å²) >= 11 is 3.48. The van der Waals surface area contributed by atoms with Gasteiger partial charge in [0, 0.05) is 11.9 Å². The molecule has 0 bridgehead atoms. The van der Waals surface area contributed by atoms with Crippen molar-refractivity contribution >= 4 is 27.9 Å². The van der Waals surface area contributed by atoms with Crippen LogP contribution in [0.5, 0.6) is 0 Å². The molecular formula is C14H13N3S2. The Morgan fingerprint density at radius 1 is 1.11 bits per heavy atom. The van der Waals surface area contributed by atoms with Crippen LogP contribution in [0.25, 0.3) is 0 Å². The molecule has 0 spiro atoms. The molecule has 0 amide bonds. The van der Waals surface area contributed by atoms with E-state index in [2.05, 4.69) is 39.8 Å². The number of benzene rings is 1. The molecule has 1 aliphatic rings. The molecule has 0 fully saturated rings. The topological polar surface area (TPSA) is 37.3 Å². The summed E-state index contributed by atoms with van der Waals surface area (Å²) in [5, 5.41) is 4.50. The van der Waals surface area contributed by atoms with Gasteiger partial charge in [-0.1, -0.05) is 59.9 Å². The van der Waals surface area contributed by atoms with Crippen LogP contribution in [0.2, 0.25) is 0 Å². The lowest BCUT2D eigenvalue weighted by Gasteiger charge is -2.07. The summed E-state index contributed by atoms with van der Waals surface area (Å²) in [6.45, 7) is 0. The second-order valence-electron chi connectivity index (χ2n) is 4.03. The SMILES string of the molecule is c1ccc(CSC2=NN[C@@H](c3ccccn3)S2)cc1. The molecule has 0 aliphatic carbocycles. The summed E-state index contributed by atoms with van der Waals surface area (Å²) < 4.78 is 1.07. The van der Waals surface area contributed by atoms with E-state index in [4.69, 9.17) is 0 Å². The number of pyridine rings is 1. The Kier molecular flexibility index (Phi) is 4.05. The van der Waals surface area contributed by atoms with Gasteiger partial charge in [0.25, 0.3) is 0 Å². The Morgan fingerprint density at radius 3 is 2.74 bits per heavy atom. The number of hydrogen-bond donors (Lipinski definition) is 1. The molecule has 0 saturated heterocycles. The van der Waals surface area contributed by atoms with Gasteiger partial charge in [0.15, 0.2) is 4.38 Å². The summed E-state index contributed by atoms with van der Waals surface area (Å²) in [7, 11) is 0. The van der Waals surface area contributed by atoms with Crippen LogP contribution in [0.3, 0.4) is 0 Å². The molecule has 5 heteroatoms. The van der Waals surface area contributed by atoms with Crippen LogP contribution in [0.4, 0.5) is 0 Å². The second-order valence-corrected chi connectivity index (χ2v) is 6.35. The lowest BCUT2D eigenvalue weighted by atomic mass is 10.2. The Labute approximate surface area is 120 Å². The minimum absolute atomic E-state index is 0.138. The average Bonchev–Trinajstić information content (AvgIpc) is 2.96. The molecule has 2 aromatic rings. The standard InChI is InChI=1S/C14H13N3S2/c1-2-6-11(7-3-1)10-18-14-17-16-13(19-14)12-8-4-5-9-15-12/h1-9,13,16H,10H2/t13-/m1/s1. The zero-order valence-corrected chi connectivity index (χ0v) is 11.8. The summed E-state index contributed by atoms with van der Waals surface area (Å²) in [6, 6.07) is 16.4. The largest absolute Gasteiger partial charge is 0.289 e. The van der Waals surface area contributed by atoms with E-state index in [1.165, 1.54) is 5.56 Å². The molecular weight excluding hydrogens is 274 g/mol. The van der Waals surface area contributed by atoms with E-state index in [-0.39, 0.29) is 5.37 Å². The third-order valence-corrected chi connectivity index (χ3v) is 4.99. The van der Waals surface area contributed by atoms with E-state index in [9.17, 15) is 0 Å². The molecule has 96 valence electrons. The van der Waals surface area contributed by atoms with E-state index < -0.39 is 0 Å². The molecule has 19 heavy (non-hydrogen) atoms. The number of aromatic nitrogens is 1. The first kappa shape index (κ1) is 12.6. The smallest absolute Gasteiger partial charge is 0.152 e. The molecule has 1 aromatic carbocycles. The fourth-order valence-corrected chi connectivity index (χ4v) is 3.72. The van der Waals surface area contributed by atoms with Gasteiger partial charge in [-0.3, -0.25) is 10.4 Å². The Hall–Kier alpha value is -1.46. The lowest BCUT2D eigenvalue weighted by Crippen LogP contribution is -2.07. The van der Waals surface area contributed by atoms with Gasteiger partial charge < -0.3 is 0 Å². The minimum atomic E-state index is 0.138. The molecule has 3 rings (SSSR count). The first-order valence-electron chi connectivity index (χ1n) is 5.99. The predicted molar refractivity (Wildman–Crippen MR) is 82.9 cm³/mol. The molecule has 1 atom stereocenters. The van der Waals surface area contributed by atoms with Crippen LogP contribution in [0.1, 0.15) is 16.6 Å². The van der Waals surface area contributed by atoms with Gasteiger partial charge in [0.1, 0.15) is 5.37 Å². The highest BCUT2D eigenvalue weighted by Crippen LogP contribution is 2.35. The fraction of sp³-hybridized carbons (Fsp3) is 0.143. The Balaban J connectivity index is 1.55. The van der Waals surface area contributed by atoms with Crippen molar-refractivity contribution in [1.82, 2.24) is 10.4 Å². The number of rotatable bonds is 3. The van der Waals surface area contributed by atoms with E-state index in [1.807, 2.05) is 30.5 Å². The molecule has 1 aliphatic heterocycles. The molecule has 0 saturated carbocycles. The Morgan fingerprint density at radius 2 is 1.95 bits per heavy atom. The number of hydrogen-bond acceptors (Lipinski definition) is 5. The maximum absolute atomic E-state index is 4.36. The maximum atomic E-state index is 4.36. The van der Waals surface area contributed by atoms with Gasteiger partial charge in [0.05, 0.1) is 5.69 Å². The number of nitrogens with zero attached hydrogens (tertiary/aromatic N) is 2. The number of hydrazone groups is 1. The third kappa shape index (κ3) is 3.30. The zero-order valence-electron chi connectivity index (χ0n) is 10.2. The minimum Gasteiger partial charge on any atom is -0.289 e. The molecule has 0 radical (unpaired) electrons. The van der Waals surface area contributed by atoms with Gasteiger partial charge in [-0.2, -0.15) is 5.10 Å². The second kappa shape index (κ2) is 6.12. The van der Waals surface area contributed by atoms with Crippen molar-refractivity contribution in [3.05, 3.63) is 66.0 Å². The van der Waals surface area contributed by atoms with Gasteiger partial charge >= 0.3 is 0 Å². The van der Waals surface area contributed by atoms with Crippen LogP contribution in [0, 0.1) is 0 Å². The van der Waals surface area contributed by atoms with E-state index in [0.29, 0.717) is 0 Å². The van der Waals surface area contributed by atoms with Gasteiger partial charge in [-0.15, -0.1) is 0 Å². The van der Waals surface area contributed by atoms with Crippen molar-refractivity contribution in [3.63, 3.8) is 0 Å². The molecule has 1 aromatic heterocycles. The molecule has 3 nitrogen and oxygen atoms in total. The van der Waals surface area contributed by atoms with Crippen molar-refractivity contribution in [3.8, 4) is 0 Å². The maximum Gasteiger partial charge on any atom is 0.152 e. The van der Waals surface area contributed by atoms with Crippen LogP contribution >= 0.6 is 23.5 Å². The summed E-state index contributed by atoms with van der Waals surface area (Å²) in [5.41, 5.74) is 5.46. The van der Waals surface area contributed by atoms with Gasteiger partial charge in [0.2, 0.25) is 0 Å². The van der Waals surface area contributed by atoms with Gasteiger partial charge in [-0.25, -0.2) is 0 Å². The first-order valence-corrected chi connectivity index (χ1v) is 7.86. The normalized spacial score (nSPS) is 17.9. The summed E-state index contributed by atoms with van der Waals surface area (Å²) in [6.07, 6.45) is 1.81. The first-order chi connectivity index (χ1) is 9.42. The van der Waals surface area contributed by atoms with Crippen molar-refractivity contribution in [2.75, 3.05) is 0 Å². The number of nitrogens with one attached hydrogen (secondary N) is 1. The van der Waals surface area contributed by atoms with Crippen LogP contribution < -0.4 is 5.43 Å². The summed E-state index contributed by atoms with van der Waals surface area (Å²) in [5.74, 6) is 0.948. The third-order valence-electron chi connectivity index (χ3n) is 2.65. The molecule has 2 heterocycles. The van der Waals surface area contributed by atoms with E-state index >= 15 is 0 Å². The molecule has 0 unspecified atom stereocenters. The number of thioether (sulfide) groups is 2.